The fourth-order valence-corrected chi connectivity index (χ4v) is 4.96. The number of carbonyl (C=O) groups is 1. The number of methoxy groups -OCH3 is 2. The molecular weight excluding hydrogens is 466 g/mol. The Morgan fingerprint density at radius 1 is 1.21 bits per heavy atom. The van der Waals surface area contributed by atoms with Crippen LogP contribution in [-0.4, -0.2) is 79.4 Å². The maximum absolute atomic E-state index is 13.6. The van der Waals surface area contributed by atoms with Gasteiger partial charge in [-0.05, 0) is 25.0 Å². The van der Waals surface area contributed by atoms with E-state index in [2.05, 4.69) is 14.9 Å². The molecule has 0 spiro atoms. The Kier molecular flexibility index (Phi) is 7.59. The predicted molar refractivity (Wildman–Crippen MR) is 128 cm³/mol. The topological polar surface area (TPSA) is 89.9 Å². The molecule has 33 heavy (non-hydrogen) atoms. The Balaban J connectivity index is 1.66. The summed E-state index contributed by atoms with van der Waals surface area (Å²) in [5, 5.41) is 1.19. The molecule has 9 nitrogen and oxygen atoms in total. The van der Waals surface area contributed by atoms with Crippen molar-refractivity contribution in [3.05, 3.63) is 34.5 Å². The van der Waals surface area contributed by atoms with Crippen LogP contribution in [0.2, 0.25) is 5.02 Å². The van der Waals surface area contributed by atoms with Gasteiger partial charge in [0.15, 0.2) is 5.13 Å². The first-order chi connectivity index (χ1) is 16.0. The van der Waals surface area contributed by atoms with E-state index in [1.807, 2.05) is 19.1 Å². The number of morpholine rings is 1. The van der Waals surface area contributed by atoms with Crippen LogP contribution in [0.5, 0.6) is 11.9 Å². The maximum atomic E-state index is 13.6. The van der Waals surface area contributed by atoms with Gasteiger partial charge in [-0.3, -0.25) is 14.6 Å². The van der Waals surface area contributed by atoms with Crippen molar-refractivity contribution in [1.29, 1.82) is 0 Å². The number of amides is 1. The molecule has 0 atom stereocenters. The molecule has 0 unspecified atom stereocenters. The largest absolute Gasteiger partial charge is 0.481 e. The molecule has 3 heterocycles. The lowest BCUT2D eigenvalue weighted by atomic mass is 10.2. The molecule has 0 radical (unpaired) electrons. The molecule has 1 aliphatic heterocycles. The third kappa shape index (κ3) is 5.35. The minimum atomic E-state index is -0.302. The number of aromatic nitrogens is 3. The number of anilines is 1. The van der Waals surface area contributed by atoms with Crippen molar-refractivity contribution in [1.82, 2.24) is 19.9 Å². The van der Waals surface area contributed by atoms with E-state index in [4.69, 9.17) is 30.8 Å². The van der Waals surface area contributed by atoms with Gasteiger partial charge in [0.1, 0.15) is 5.69 Å². The van der Waals surface area contributed by atoms with Crippen molar-refractivity contribution in [3.8, 4) is 11.9 Å². The Morgan fingerprint density at radius 3 is 2.70 bits per heavy atom. The Hall–Kier alpha value is -2.53. The van der Waals surface area contributed by atoms with Crippen LogP contribution in [0.15, 0.2) is 18.2 Å². The summed E-state index contributed by atoms with van der Waals surface area (Å²) in [5.74, 6) is -0.0505. The second-order valence-electron chi connectivity index (χ2n) is 7.59. The first-order valence-corrected chi connectivity index (χ1v) is 11.8. The number of carbonyl (C=O) groups excluding carboxylic acids is 1. The average Bonchev–Trinajstić information content (AvgIpc) is 3.30. The molecule has 0 N–H and O–H groups in total. The number of halogens is 1. The third-order valence-electron chi connectivity index (χ3n) is 5.41. The fourth-order valence-electron chi connectivity index (χ4n) is 3.61. The van der Waals surface area contributed by atoms with E-state index < -0.39 is 0 Å². The third-order valence-corrected chi connectivity index (χ3v) is 6.95. The number of hydrogen-bond acceptors (Lipinski definition) is 9. The molecule has 1 aromatic carbocycles. The van der Waals surface area contributed by atoms with Crippen molar-refractivity contribution < 1.29 is 19.0 Å². The number of hydrogen-bond donors (Lipinski definition) is 0. The lowest BCUT2D eigenvalue weighted by Crippen LogP contribution is -2.39. The van der Waals surface area contributed by atoms with Crippen LogP contribution in [0, 0.1) is 6.92 Å². The fraction of sp³-hybridized carbons (Fsp3) is 0.455. The maximum Gasteiger partial charge on any atom is 0.320 e. The van der Waals surface area contributed by atoms with Crippen LogP contribution >= 0.6 is 22.9 Å². The zero-order valence-electron chi connectivity index (χ0n) is 18.8. The summed E-state index contributed by atoms with van der Waals surface area (Å²) >= 11 is 7.82. The van der Waals surface area contributed by atoms with E-state index in [9.17, 15) is 4.79 Å². The van der Waals surface area contributed by atoms with Crippen molar-refractivity contribution in [2.24, 2.45) is 0 Å². The second kappa shape index (κ2) is 10.6. The standard InChI is InChI=1S/C22H26ClN5O4S/c1-14-5-6-15(23)19-18(14)26-22(33-19)28(8-4-7-27-9-11-32-12-10-27)20(29)16-13-17(30-2)25-21(24-16)31-3/h5-6,13H,4,7-12H2,1-3H3. The molecule has 4 rings (SSSR count). The van der Waals surface area contributed by atoms with Gasteiger partial charge in [-0.15, -0.1) is 0 Å². The van der Waals surface area contributed by atoms with Crippen LogP contribution < -0.4 is 14.4 Å². The van der Waals surface area contributed by atoms with E-state index in [1.54, 1.807) is 4.90 Å². The summed E-state index contributed by atoms with van der Waals surface area (Å²) in [6.45, 7) is 6.56. The molecule has 1 amide bonds. The van der Waals surface area contributed by atoms with Gasteiger partial charge in [0.2, 0.25) is 5.88 Å². The summed E-state index contributed by atoms with van der Waals surface area (Å²) in [7, 11) is 2.93. The number of nitrogens with zero attached hydrogens (tertiary/aromatic N) is 5. The summed E-state index contributed by atoms with van der Waals surface area (Å²) in [5.41, 5.74) is 1.97. The van der Waals surface area contributed by atoms with Crippen molar-refractivity contribution in [3.63, 3.8) is 0 Å². The normalized spacial score (nSPS) is 14.4. The van der Waals surface area contributed by atoms with Gasteiger partial charge in [-0.1, -0.05) is 29.0 Å². The molecule has 0 saturated carbocycles. The molecule has 11 heteroatoms. The van der Waals surface area contributed by atoms with Gasteiger partial charge in [0.25, 0.3) is 5.91 Å². The summed E-state index contributed by atoms with van der Waals surface area (Å²) in [6, 6.07) is 5.35. The minimum absolute atomic E-state index is 0.0640. The molecule has 0 bridgehead atoms. The lowest BCUT2D eigenvalue weighted by molar-refractivity contribution is 0.0376. The van der Waals surface area contributed by atoms with Gasteiger partial charge in [0.05, 0.1) is 42.7 Å². The molecular formula is C22H26ClN5O4S. The summed E-state index contributed by atoms with van der Waals surface area (Å²) in [6.07, 6.45) is 0.772. The summed E-state index contributed by atoms with van der Waals surface area (Å²) in [4.78, 5) is 30.7. The number of fused-ring (bicyclic) bond motifs is 1. The predicted octanol–water partition coefficient (Wildman–Crippen LogP) is 3.43. The summed E-state index contributed by atoms with van der Waals surface area (Å²) < 4.78 is 16.7. The highest BCUT2D eigenvalue weighted by atomic mass is 35.5. The number of thiazole rings is 1. The lowest BCUT2D eigenvalue weighted by Gasteiger charge is -2.27. The zero-order chi connectivity index (χ0) is 23.4. The zero-order valence-corrected chi connectivity index (χ0v) is 20.4. The quantitative estimate of drug-likeness (QED) is 0.473. The Labute approximate surface area is 201 Å². The van der Waals surface area contributed by atoms with Crippen molar-refractivity contribution in [2.75, 3.05) is 58.5 Å². The molecule has 2 aromatic heterocycles. The van der Waals surface area contributed by atoms with Crippen molar-refractivity contribution >= 4 is 44.2 Å². The highest BCUT2D eigenvalue weighted by Crippen LogP contribution is 2.36. The average molecular weight is 492 g/mol. The van der Waals surface area contributed by atoms with Crippen LogP contribution in [0.4, 0.5) is 5.13 Å². The monoisotopic (exact) mass is 491 g/mol. The van der Waals surface area contributed by atoms with Gasteiger partial charge in [0, 0.05) is 32.2 Å². The molecule has 1 saturated heterocycles. The smallest absolute Gasteiger partial charge is 0.320 e. The second-order valence-corrected chi connectivity index (χ2v) is 8.97. The molecule has 176 valence electrons. The van der Waals surface area contributed by atoms with E-state index >= 15 is 0 Å². The molecule has 1 fully saturated rings. The van der Waals surface area contributed by atoms with E-state index in [0.717, 1.165) is 55.0 Å². The first-order valence-electron chi connectivity index (χ1n) is 10.6. The molecule has 0 aliphatic carbocycles. The molecule has 1 aliphatic rings. The Bertz CT molecular complexity index is 1070. The van der Waals surface area contributed by atoms with Gasteiger partial charge < -0.3 is 14.2 Å². The minimum Gasteiger partial charge on any atom is -0.481 e. The first kappa shape index (κ1) is 23.6. The van der Waals surface area contributed by atoms with Gasteiger partial charge in [-0.25, -0.2) is 4.98 Å². The van der Waals surface area contributed by atoms with Crippen LogP contribution in [-0.2, 0) is 4.74 Å². The number of ether oxygens (including phenoxy) is 3. The van der Waals surface area contributed by atoms with E-state index in [0.29, 0.717) is 16.7 Å². The number of aryl methyl sites for hydroxylation is 1. The van der Waals surface area contributed by atoms with E-state index in [1.165, 1.54) is 31.6 Å². The molecule has 3 aromatic rings. The van der Waals surface area contributed by atoms with Gasteiger partial charge in [-0.2, -0.15) is 9.97 Å². The highest BCUT2D eigenvalue weighted by Gasteiger charge is 2.25. The Morgan fingerprint density at radius 2 is 2.00 bits per heavy atom. The van der Waals surface area contributed by atoms with Crippen LogP contribution in [0.1, 0.15) is 22.5 Å². The van der Waals surface area contributed by atoms with Crippen LogP contribution in [0.25, 0.3) is 10.2 Å². The van der Waals surface area contributed by atoms with Crippen LogP contribution in [0.3, 0.4) is 0 Å². The van der Waals surface area contributed by atoms with Crippen molar-refractivity contribution in [2.45, 2.75) is 13.3 Å². The van der Waals surface area contributed by atoms with Gasteiger partial charge >= 0.3 is 6.01 Å². The van der Waals surface area contributed by atoms with E-state index in [-0.39, 0.29) is 23.5 Å². The number of benzene rings is 1. The number of rotatable bonds is 8. The SMILES string of the molecule is COc1cc(C(=O)N(CCCN2CCOCC2)c2nc3c(C)ccc(Cl)c3s2)nc(OC)n1. The highest BCUT2D eigenvalue weighted by molar-refractivity contribution is 7.23.